The molecule has 33 nitrogen and oxygen atoms in total. The highest BCUT2D eigenvalue weighted by Crippen LogP contribution is 2.35. The average Bonchev–Trinajstić information content (AvgIpc) is 0.827. The summed E-state index contributed by atoms with van der Waals surface area (Å²) < 4.78 is 0. The van der Waals surface area contributed by atoms with E-state index in [2.05, 4.69) is 13.8 Å². The Hall–Kier alpha value is -12.3. The quantitative estimate of drug-likeness (QED) is 0.0113. The normalized spacial score (nSPS) is 9.46. The van der Waals surface area contributed by atoms with Crippen LogP contribution in [-0.2, 0) is 9.59 Å². The van der Waals surface area contributed by atoms with Crippen molar-refractivity contribution < 1.29 is 124 Å². The molecule has 6 aromatic rings. The van der Waals surface area contributed by atoms with Gasteiger partial charge in [-0.3, -0.25) is 50.0 Å². The number of phenolic OH excluding ortho intramolecular Hbond substituents is 2. The third-order valence-corrected chi connectivity index (χ3v) is 13.3. The summed E-state index contributed by atoms with van der Waals surface area (Å²) in [6, 6.07) is 24.3. The van der Waals surface area contributed by atoms with Gasteiger partial charge in [0.2, 0.25) is 11.5 Å². The summed E-state index contributed by atoms with van der Waals surface area (Å²) in [7, 11) is 0. The van der Waals surface area contributed by atoms with Gasteiger partial charge >= 0.3 is 64.8 Å². The molecule has 33 heteroatoms. The van der Waals surface area contributed by atoms with E-state index in [0.29, 0.717) is 36.1 Å². The summed E-state index contributed by atoms with van der Waals surface area (Å²) in [5.41, 5.74) is -2.73. The van der Waals surface area contributed by atoms with Crippen LogP contribution in [-0.4, -0.2) is 134 Å². The summed E-state index contributed by atoms with van der Waals surface area (Å²) in [6.45, 7) is 7.89. The first kappa shape index (κ1) is 100. The molecule has 0 amide bonds. The van der Waals surface area contributed by atoms with Crippen molar-refractivity contribution in [2.24, 2.45) is 0 Å². The number of nitrogens with zero attached hydrogens (tertiary/aromatic N) is 4. The van der Waals surface area contributed by atoms with Crippen LogP contribution in [0.2, 0.25) is 0 Å². The number of rotatable bonds is 30. The predicted molar refractivity (Wildman–Crippen MR) is 384 cm³/mol. The van der Waals surface area contributed by atoms with E-state index in [-0.39, 0.29) is 50.5 Å². The number of para-hydroxylation sites is 1. The van der Waals surface area contributed by atoms with Gasteiger partial charge in [0.25, 0.3) is 5.69 Å². The van der Waals surface area contributed by atoms with Crippen molar-refractivity contribution in [1.82, 2.24) is 0 Å². The Kier molecular flexibility index (Phi) is 54.4. The lowest BCUT2D eigenvalue weighted by molar-refractivity contribution is -0.394. The zero-order valence-electron chi connectivity index (χ0n) is 55.7. The summed E-state index contributed by atoms with van der Waals surface area (Å²) in [6.07, 6.45) is 23.0. The summed E-state index contributed by atoms with van der Waals surface area (Å²) in [5, 5.41) is 154. The van der Waals surface area contributed by atoms with Crippen LogP contribution in [0, 0.1) is 54.3 Å². The molecule has 0 aliphatic heterocycles. The summed E-state index contributed by atoms with van der Waals surface area (Å²) >= 11 is 0. The number of aromatic carboxylic acids is 6. The van der Waals surface area contributed by atoms with E-state index in [1.165, 1.54) is 139 Å². The number of non-ortho nitro benzene ring substituents is 1. The van der Waals surface area contributed by atoms with E-state index in [9.17, 15) is 89.0 Å². The molecule has 104 heavy (non-hydrogen) atoms. The molecule has 0 unspecified atom stereocenters. The standard InChI is InChI=1S/C13H26O2.C11H22O2.C8H7NO5.C8H8O2.C7H4N2O7.C7H5NO5.2C7H6O3.3CH4/c1-2-3-4-5-6-7-8-9-10-11-12-13(14)15;1-2-3-4-5-6-7-8-9-10-11(12)13;1-4-2-5(8(11)12)7(10)6(3-4)9(13)14;1-6-2-4-7(5-3-6)8(9)10;10-6-4(7(11)12)1-3(8(13)14)2-5(6)9(15)16;9-6-2-1-4(7(10)11)3-5(6)8(12)13;8-6-3-1-2-5(4-6)7(9)10;8-6-4-2-1-3-5(6)7(9)10;;;/h2-12H2,1H3,(H,14,15);2-10H2,1H3,(H,12,13);2-3,10H,1H3,(H,11,12);2-5H,1H3,(H,9,10);1-2,10H,(H,11,12);1-3,9H,(H,10,11);2*1-4,8H,(H,9,10);3*1H4. The highest BCUT2D eigenvalue weighted by atomic mass is 16.6. The summed E-state index contributed by atoms with van der Waals surface area (Å²) in [5.74, 6) is -11.4. The third-order valence-electron chi connectivity index (χ3n) is 13.3. The van der Waals surface area contributed by atoms with Crippen molar-refractivity contribution in [1.29, 1.82) is 0 Å². The van der Waals surface area contributed by atoms with Crippen LogP contribution in [0.15, 0.2) is 115 Å². The number of aromatic hydroxyl groups is 5. The Morgan fingerprint density at radius 1 is 0.327 bits per heavy atom. The molecule has 0 atom stereocenters. The molecule has 0 fully saturated rings. The van der Waals surface area contributed by atoms with Crippen LogP contribution in [0.3, 0.4) is 0 Å². The zero-order chi connectivity index (χ0) is 77.3. The maximum Gasteiger partial charge on any atom is 0.340 e. The number of benzene rings is 6. The lowest BCUT2D eigenvalue weighted by Crippen LogP contribution is -2.02. The minimum absolute atomic E-state index is 0. The van der Waals surface area contributed by atoms with Crippen LogP contribution in [0.4, 0.5) is 22.7 Å². The second kappa shape index (κ2) is 56.4. The van der Waals surface area contributed by atoms with Gasteiger partial charge in [-0.15, -0.1) is 0 Å². The van der Waals surface area contributed by atoms with Crippen LogP contribution < -0.4 is 0 Å². The molecule has 0 bridgehead atoms. The van der Waals surface area contributed by atoms with Gasteiger partial charge in [0.05, 0.1) is 42.4 Å². The number of carboxylic acids is 8. The number of nitro groups is 4. The Bertz CT molecular complexity index is 3620. The lowest BCUT2D eigenvalue weighted by Gasteiger charge is -2.01. The second-order valence-electron chi connectivity index (χ2n) is 21.5. The van der Waals surface area contributed by atoms with Crippen LogP contribution >= 0.6 is 0 Å². The second-order valence-corrected chi connectivity index (χ2v) is 21.5. The lowest BCUT2D eigenvalue weighted by atomic mass is 10.1. The Morgan fingerprint density at radius 3 is 1.03 bits per heavy atom. The molecule has 0 aliphatic carbocycles. The topological polar surface area (TPSA) is 572 Å². The maximum absolute atomic E-state index is 10.6. The third kappa shape index (κ3) is 44.6. The first-order valence-corrected chi connectivity index (χ1v) is 31.0. The highest BCUT2D eigenvalue weighted by Gasteiger charge is 2.27. The number of aryl methyl sites for hydroxylation is 2. The Balaban J connectivity index is -0.000000359. The predicted octanol–water partition coefficient (Wildman–Crippen LogP) is 17.0. The van der Waals surface area contributed by atoms with Gasteiger partial charge in [0.15, 0.2) is 5.75 Å². The van der Waals surface area contributed by atoms with Gasteiger partial charge in [-0.2, -0.15) is 0 Å². The monoisotopic (exact) mass is 1470 g/mol. The van der Waals surface area contributed by atoms with Crippen molar-refractivity contribution in [2.45, 2.75) is 178 Å². The minimum atomic E-state index is -1.69. The molecule has 0 heterocycles. The summed E-state index contributed by atoms with van der Waals surface area (Å²) in [4.78, 5) is 120. The zero-order valence-corrected chi connectivity index (χ0v) is 55.7. The molecule has 574 valence electrons. The van der Waals surface area contributed by atoms with Crippen molar-refractivity contribution >= 4 is 70.5 Å². The van der Waals surface area contributed by atoms with Gasteiger partial charge in [-0.25, -0.2) is 28.8 Å². The first-order chi connectivity index (χ1) is 47.4. The number of carbonyl (C=O) groups is 8. The van der Waals surface area contributed by atoms with Crippen LogP contribution in [0.1, 0.15) is 238 Å². The molecule has 6 rings (SSSR count). The number of carboxylic acid groups (broad SMARTS) is 8. The number of aliphatic carboxylic acids is 2. The fourth-order valence-corrected chi connectivity index (χ4v) is 8.04. The molecule has 0 radical (unpaired) electrons. The van der Waals surface area contributed by atoms with Gasteiger partial charge in [-0.05, 0) is 92.9 Å². The van der Waals surface area contributed by atoms with E-state index in [0.717, 1.165) is 55.5 Å². The number of phenols is 5. The van der Waals surface area contributed by atoms with Crippen molar-refractivity contribution in [3.05, 3.63) is 200 Å². The molecule has 0 aliphatic rings. The van der Waals surface area contributed by atoms with Gasteiger partial charge in [0, 0.05) is 31.0 Å². The van der Waals surface area contributed by atoms with E-state index in [4.69, 9.17) is 56.2 Å². The molecular weight excluding hydrogens is 1370 g/mol. The molecule has 0 saturated heterocycles. The molecule has 0 aromatic heterocycles. The largest absolute Gasteiger partial charge is 0.508 e. The molecule has 0 spiro atoms. The number of hydrogen-bond donors (Lipinski definition) is 13. The Labute approximate surface area is 600 Å². The average molecular weight is 1470 g/mol. The van der Waals surface area contributed by atoms with Crippen LogP contribution in [0.25, 0.3) is 0 Å². The van der Waals surface area contributed by atoms with Crippen molar-refractivity contribution in [3.63, 3.8) is 0 Å². The SMILES string of the molecule is C.C.C.CCCCCCCCCCC(=O)O.CCCCCCCCCCCCC(=O)O.Cc1cc(C(=O)O)c(O)c([N+](=O)[O-])c1.Cc1ccc(C(=O)O)cc1.O=C(O)c1cc([N+](=O)[O-])cc([N+](=O)[O-])c1O.O=C(O)c1ccc(O)c([N+](=O)[O-])c1.O=C(O)c1cccc(O)c1.O=C(O)c1ccccc1O. The van der Waals surface area contributed by atoms with Crippen molar-refractivity contribution in [3.8, 4) is 28.7 Å². The highest BCUT2D eigenvalue weighted by molar-refractivity contribution is 5.94. The van der Waals surface area contributed by atoms with E-state index >= 15 is 0 Å². The number of unbranched alkanes of at least 4 members (excludes halogenated alkanes) is 16. The molecule has 0 saturated carbocycles. The maximum atomic E-state index is 10.6. The molecular formula is C71H96N4O29. The van der Waals surface area contributed by atoms with Crippen molar-refractivity contribution in [2.75, 3.05) is 0 Å². The van der Waals surface area contributed by atoms with E-state index in [1.807, 2.05) is 6.92 Å². The Morgan fingerprint density at radius 2 is 0.692 bits per heavy atom. The van der Waals surface area contributed by atoms with Gasteiger partial charge in [0.1, 0.15) is 28.2 Å². The van der Waals surface area contributed by atoms with Crippen LogP contribution in [0.5, 0.6) is 28.7 Å². The first-order valence-electron chi connectivity index (χ1n) is 31.0. The van der Waals surface area contributed by atoms with Gasteiger partial charge < -0.3 is 66.4 Å². The van der Waals surface area contributed by atoms with E-state index in [1.54, 1.807) is 36.4 Å². The number of nitro benzene ring substituents is 4. The molecule has 13 N–H and O–H groups in total. The number of hydrogen-bond acceptors (Lipinski definition) is 21. The minimum Gasteiger partial charge on any atom is -0.508 e. The molecule has 6 aromatic carbocycles. The van der Waals surface area contributed by atoms with Gasteiger partial charge in [-0.1, -0.05) is 175 Å². The fourth-order valence-electron chi connectivity index (χ4n) is 8.04. The fraction of sp³-hybridized carbons (Fsp3) is 0.380. The smallest absolute Gasteiger partial charge is 0.340 e. The van der Waals surface area contributed by atoms with E-state index < -0.39 is 119 Å².